The SMILES string of the molecule is CCCCN(CCO)CC(=O)c1ccccc1OCC. The van der Waals surface area contributed by atoms with E-state index in [0.29, 0.717) is 31.0 Å². The van der Waals surface area contributed by atoms with Crippen molar-refractivity contribution in [3.05, 3.63) is 29.8 Å². The number of unbranched alkanes of at least 4 members (excludes halogenated alkanes) is 1. The lowest BCUT2D eigenvalue weighted by Gasteiger charge is -2.20. The third kappa shape index (κ3) is 5.31. The Balaban J connectivity index is 2.72. The van der Waals surface area contributed by atoms with Crippen molar-refractivity contribution in [1.29, 1.82) is 0 Å². The molecule has 0 amide bonds. The van der Waals surface area contributed by atoms with Crippen LogP contribution in [0.4, 0.5) is 0 Å². The maximum Gasteiger partial charge on any atom is 0.180 e. The first kappa shape index (κ1) is 16.7. The fraction of sp³-hybridized carbons (Fsp3) is 0.562. The molecule has 0 aliphatic heterocycles. The molecule has 0 fully saturated rings. The van der Waals surface area contributed by atoms with E-state index >= 15 is 0 Å². The van der Waals surface area contributed by atoms with Crippen LogP contribution in [0.15, 0.2) is 24.3 Å². The monoisotopic (exact) mass is 279 g/mol. The second kappa shape index (κ2) is 9.50. The summed E-state index contributed by atoms with van der Waals surface area (Å²) >= 11 is 0. The molecule has 0 saturated heterocycles. The molecular weight excluding hydrogens is 254 g/mol. The summed E-state index contributed by atoms with van der Waals surface area (Å²) in [5.74, 6) is 0.679. The first-order valence-electron chi connectivity index (χ1n) is 7.31. The van der Waals surface area contributed by atoms with Crippen LogP contribution in [-0.2, 0) is 0 Å². The number of Topliss-reactive ketones (excluding diaryl/α,β-unsaturated/α-hetero) is 1. The Hall–Kier alpha value is -1.39. The Bertz CT molecular complexity index is 406. The highest BCUT2D eigenvalue weighted by Gasteiger charge is 2.15. The molecule has 1 N–H and O–H groups in total. The Morgan fingerprint density at radius 1 is 1.25 bits per heavy atom. The van der Waals surface area contributed by atoms with Crippen molar-refractivity contribution in [1.82, 2.24) is 4.90 Å². The van der Waals surface area contributed by atoms with Crippen molar-refractivity contribution in [3.63, 3.8) is 0 Å². The second-order valence-electron chi connectivity index (χ2n) is 4.71. The molecule has 4 nitrogen and oxygen atoms in total. The van der Waals surface area contributed by atoms with Gasteiger partial charge in [0, 0.05) is 6.54 Å². The van der Waals surface area contributed by atoms with Gasteiger partial charge in [-0.15, -0.1) is 0 Å². The minimum absolute atomic E-state index is 0.0404. The van der Waals surface area contributed by atoms with Crippen LogP contribution >= 0.6 is 0 Å². The zero-order chi connectivity index (χ0) is 14.8. The predicted octanol–water partition coefficient (Wildman–Crippen LogP) is 2.36. The van der Waals surface area contributed by atoms with Crippen LogP contribution in [0.25, 0.3) is 0 Å². The number of para-hydroxylation sites is 1. The van der Waals surface area contributed by atoms with Gasteiger partial charge in [0.1, 0.15) is 5.75 Å². The summed E-state index contributed by atoms with van der Waals surface area (Å²) in [6.07, 6.45) is 2.10. The molecule has 112 valence electrons. The maximum absolute atomic E-state index is 12.4. The maximum atomic E-state index is 12.4. The topological polar surface area (TPSA) is 49.8 Å². The zero-order valence-electron chi connectivity index (χ0n) is 12.5. The van der Waals surface area contributed by atoms with Gasteiger partial charge in [-0.3, -0.25) is 9.69 Å². The summed E-state index contributed by atoms with van der Waals surface area (Å²) in [6.45, 7) is 6.32. The molecule has 1 rings (SSSR count). The zero-order valence-corrected chi connectivity index (χ0v) is 12.5. The molecule has 0 aliphatic carbocycles. The Morgan fingerprint density at radius 3 is 2.65 bits per heavy atom. The van der Waals surface area contributed by atoms with Crippen LogP contribution in [0.1, 0.15) is 37.0 Å². The third-order valence-corrected chi connectivity index (χ3v) is 3.10. The van der Waals surface area contributed by atoms with Crippen LogP contribution < -0.4 is 4.74 Å². The Labute approximate surface area is 121 Å². The van der Waals surface area contributed by atoms with Crippen LogP contribution in [0.3, 0.4) is 0 Å². The van der Waals surface area contributed by atoms with Gasteiger partial charge in [-0.1, -0.05) is 25.5 Å². The van der Waals surface area contributed by atoms with E-state index < -0.39 is 0 Å². The standard InChI is InChI=1S/C16H25NO3/c1-3-5-10-17(11-12-18)13-15(19)14-8-6-7-9-16(14)20-4-2/h6-9,18H,3-5,10-13H2,1-2H3. The number of benzene rings is 1. The van der Waals surface area contributed by atoms with Gasteiger partial charge in [0.25, 0.3) is 0 Å². The van der Waals surface area contributed by atoms with Crippen LogP contribution in [0.5, 0.6) is 5.75 Å². The molecule has 0 spiro atoms. The highest BCUT2D eigenvalue weighted by atomic mass is 16.5. The number of rotatable bonds is 10. The number of ketones is 1. The minimum atomic E-state index is 0.0404. The van der Waals surface area contributed by atoms with Crippen molar-refractivity contribution < 1.29 is 14.6 Å². The molecule has 0 aromatic heterocycles. The Kier molecular flexibility index (Phi) is 7.92. The van der Waals surface area contributed by atoms with E-state index in [1.807, 2.05) is 30.0 Å². The number of hydrogen-bond acceptors (Lipinski definition) is 4. The third-order valence-electron chi connectivity index (χ3n) is 3.10. The second-order valence-corrected chi connectivity index (χ2v) is 4.71. The lowest BCUT2D eigenvalue weighted by molar-refractivity contribution is 0.0910. The van der Waals surface area contributed by atoms with Gasteiger partial charge in [-0.25, -0.2) is 0 Å². The van der Waals surface area contributed by atoms with Crippen LogP contribution in [0, 0.1) is 0 Å². The molecule has 0 bridgehead atoms. The number of hydrogen-bond donors (Lipinski definition) is 1. The first-order valence-corrected chi connectivity index (χ1v) is 7.31. The number of carbonyl (C=O) groups is 1. The van der Waals surface area contributed by atoms with E-state index in [0.717, 1.165) is 19.4 Å². The molecule has 4 heteroatoms. The van der Waals surface area contributed by atoms with Crippen molar-refractivity contribution in [3.8, 4) is 5.75 Å². The highest BCUT2D eigenvalue weighted by molar-refractivity contribution is 6.00. The van der Waals surface area contributed by atoms with E-state index in [1.54, 1.807) is 6.07 Å². The summed E-state index contributed by atoms with van der Waals surface area (Å²) in [4.78, 5) is 14.4. The number of nitrogens with zero attached hydrogens (tertiary/aromatic N) is 1. The number of ether oxygens (including phenoxy) is 1. The van der Waals surface area contributed by atoms with Gasteiger partial charge in [-0.2, -0.15) is 0 Å². The molecule has 20 heavy (non-hydrogen) atoms. The lowest BCUT2D eigenvalue weighted by atomic mass is 10.1. The lowest BCUT2D eigenvalue weighted by Crippen LogP contribution is -2.33. The van der Waals surface area contributed by atoms with Gasteiger partial charge < -0.3 is 9.84 Å². The number of aliphatic hydroxyl groups is 1. The van der Waals surface area contributed by atoms with Crippen molar-refractivity contribution in [2.45, 2.75) is 26.7 Å². The summed E-state index contributed by atoms with van der Waals surface area (Å²) in [5, 5.41) is 9.08. The molecule has 0 saturated carbocycles. The smallest absolute Gasteiger partial charge is 0.180 e. The summed E-state index contributed by atoms with van der Waals surface area (Å²) in [5.41, 5.74) is 0.619. The summed E-state index contributed by atoms with van der Waals surface area (Å²) in [6, 6.07) is 7.33. The quantitative estimate of drug-likeness (QED) is 0.668. The van der Waals surface area contributed by atoms with Gasteiger partial charge in [0.05, 0.1) is 25.3 Å². The number of aliphatic hydroxyl groups excluding tert-OH is 1. The largest absolute Gasteiger partial charge is 0.493 e. The van der Waals surface area contributed by atoms with Gasteiger partial charge in [-0.05, 0) is 32.0 Å². The summed E-state index contributed by atoms with van der Waals surface area (Å²) < 4.78 is 5.49. The molecule has 0 atom stereocenters. The molecule has 0 aliphatic rings. The minimum Gasteiger partial charge on any atom is -0.493 e. The fourth-order valence-electron chi connectivity index (χ4n) is 2.06. The van der Waals surface area contributed by atoms with Gasteiger partial charge in [0.15, 0.2) is 5.78 Å². The summed E-state index contributed by atoms with van der Waals surface area (Å²) in [7, 11) is 0. The van der Waals surface area contributed by atoms with Crippen LogP contribution in [-0.4, -0.2) is 48.6 Å². The Morgan fingerprint density at radius 2 is 2.00 bits per heavy atom. The van der Waals surface area contributed by atoms with Gasteiger partial charge >= 0.3 is 0 Å². The molecule has 1 aromatic rings. The predicted molar refractivity (Wildman–Crippen MR) is 80.4 cm³/mol. The van der Waals surface area contributed by atoms with E-state index in [2.05, 4.69) is 6.92 Å². The van der Waals surface area contributed by atoms with E-state index in [-0.39, 0.29) is 12.4 Å². The van der Waals surface area contributed by atoms with E-state index in [1.165, 1.54) is 0 Å². The fourth-order valence-corrected chi connectivity index (χ4v) is 2.06. The molecule has 0 heterocycles. The molecular formula is C16H25NO3. The average Bonchev–Trinajstić information content (AvgIpc) is 2.46. The van der Waals surface area contributed by atoms with Gasteiger partial charge in [0.2, 0.25) is 0 Å². The average molecular weight is 279 g/mol. The van der Waals surface area contributed by atoms with E-state index in [4.69, 9.17) is 9.84 Å². The van der Waals surface area contributed by atoms with Crippen molar-refractivity contribution >= 4 is 5.78 Å². The highest BCUT2D eigenvalue weighted by Crippen LogP contribution is 2.18. The van der Waals surface area contributed by atoms with Crippen molar-refractivity contribution in [2.75, 3.05) is 32.8 Å². The van der Waals surface area contributed by atoms with Crippen LogP contribution in [0.2, 0.25) is 0 Å². The first-order chi connectivity index (χ1) is 9.72. The molecule has 0 unspecified atom stereocenters. The molecule has 1 aromatic carbocycles. The normalized spacial score (nSPS) is 10.8. The van der Waals surface area contributed by atoms with Crippen molar-refractivity contribution in [2.24, 2.45) is 0 Å². The number of carbonyl (C=O) groups excluding carboxylic acids is 1. The van der Waals surface area contributed by atoms with E-state index in [9.17, 15) is 4.79 Å². The molecule has 0 radical (unpaired) electrons.